The van der Waals surface area contributed by atoms with E-state index in [0.717, 1.165) is 0 Å². The minimum Gasteiger partial charge on any atom is -0.347 e. The lowest BCUT2D eigenvalue weighted by molar-refractivity contribution is 0.0919. The highest BCUT2D eigenvalue weighted by molar-refractivity contribution is 7.92. The van der Waals surface area contributed by atoms with Crippen LogP contribution >= 0.6 is 11.6 Å². The standard InChI is InChI=1S/C18H21ClN2O3S/c1-18(2,3)20-17(22)15-12-14(10-11-16(15)19)25(23,24)21(4)13-8-6-5-7-9-13/h5-12H,1-4H3,(H,20,22). The van der Waals surface area contributed by atoms with Gasteiger partial charge in [-0.3, -0.25) is 9.10 Å². The molecule has 0 unspecified atom stereocenters. The van der Waals surface area contributed by atoms with Gasteiger partial charge >= 0.3 is 0 Å². The lowest BCUT2D eigenvalue weighted by atomic mass is 10.1. The van der Waals surface area contributed by atoms with Gasteiger partial charge in [0.25, 0.3) is 15.9 Å². The maximum absolute atomic E-state index is 12.9. The second-order valence-corrected chi connectivity index (χ2v) is 9.03. The monoisotopic (exact) mass is 380 g/mol. The van der Waals surface area contributed by atoms with Gasteiger partial charge in [0.2, 0.25) is 0 Å². The molecule has 0 heterocycles. The molecule has 0 aliphatic heterocycles. The van der Waals surface area contributed by atoms with Crippen molar-refractivity contribution in [1.82, 2.24) is 5.32 Å². The van der Waals surface area contributed by atoms with E-state index in [-0.39, 0.29) is 15.5 Å². The lowest BCUT2D eigenvalue weighted by Gasteiger charge is -2.22. The molecule has 1 amide bonds. The van der Waals surface area contributed by atoms with Crippen molar-refractivity contribution in [2.24, 2.45) is 0 Å². The Morgan fingerprint density at radius 2 is 1.68 bits per heavy atom. The zero-order valence-electron chi connectivity index (χ0n) is 14.6. The van der Waals surface area contributed by atoms with Crippen LogP contribution in [-0.2, 0) is 10.0 Å². The van der Waals surface area contributed by atoms with Crippen LogP contribution in [0.2, 0.25) is 5.02 Å². The molecule has 0 aliphatic rings. The smallest absolute Gasteiger partial charge is 0.264 e. The number of carbonyl (C=O) groups is 1. The molecule has 0 saturated heterocycles. The van der Waals surface area contributed by atoms with E-state index in [4.69, 9.17) is 11.6 Å². The SMILES string of the molecule is CN(c1ccccc1)S(=O)(=O)c1ccc(Cl)c(C(=O)NC(C)(C)C)c1. The third kappa shape index (κ3) is 4.52. The molecule has 0 atom stereocenters. The highest BCUT2D eigenvalue weighted by Crippen LogP contribution is 2.26. The first kappa shape index (κ1) is 19.3. The largest absolute Gasteiger partial charge is 0.347 e. The Morgan fingerprint density at radius 1 is 1.08 bits per heavy atom. The van der Waals surface area contributed by atoms with Gasteiger partial charge < -0.3 is 5.32 Å². The second kappa shape index (κ2) is 7.06. The molecule has 7 heteroatoms. The fourth-order valence-corrected chi connectivity index (χ4v) is 3.61. The number of halogens is 1. The summed E-state index contributed by atoms with van der Waals surface area (Å²) in [6.45, 7) is 5.51. The first-order chi connectivity index (χ1) is 11.5. The molecule has 1 N–H and O–H groups in total. The zero-order valence-corrected chi connectivity index (χ0v) is 16.1. The molecule has 2 aromatic rings. The van der Waals surface area contributed by atoms with E-state index in [1.807, 2.05) is 20.8 Å². The van der Waals surface area contributed by atoms with E-state index in [2.05, 4.69) is 5.32 Å². The third-order valence-corrected chi connectivity index (χ3v) is 5.56. The summed E-state index contributed by atoms with van der Waals surface area (Å²) in [7, 11) is -2.35. The number of sulfonamides is 1. The van der Waals surface area contributed by atoms with E-state index < -0.39 is 21.5 Å². The van der Waals surface area contributed by atoms with Gasteiger partial charge in [-0.1, -0.05) is 29.8 Å². The summed E-state index contributed by atoms with van der Waals surface area (Å²) in [4.78, 5) is 12.4. The summed E-state index contributed by atoms with van der Waals surface area (Å²) < 4.78 is 26.9. The van der Waals surface area contributed by atoms with Gasteiger partial charge in [0.1, 0.15) is 0 Å². The predicted octanol–water partition coefficient (Wildman–Crippen LogP) is 3.69. The minimum atomic E-state index is -3.81. The number of carbonyl (C=O) groups excluding carboxylic acids is 1. The van der Waals surface area contributed by atoms with Crippen LogP contribution in [0.4, 0.5) is 5.69 Å². The van der Waals surface area contributed by atoms with E-state index in [1.165, 1.54) is 29.6 Å². The molecule has 134 valence electrons. The number of nitrogens with zero attached hydrogens (tertiary/aromatic N) is 1. The molecule has 2 aromatic carbocycles. The third-order valence-electron chi connectivity index (χ3n) is 3.45. The molecule has 0 spiro atoms. The molecule has 2 rings (SSSR count). The summed E-state index contributed by atoms with van der Waals surface area (Å²) in [6, 6.07) is 12.8. The average Bonchev–Trinajstić information content (AvgIpc) is 2.53. The first-order valence-electron chi connectivity index (χ1n) is 7.68. The second-order valence-electron chi connectivity index (χ2n) is 6.65. The Morgan fingerprint density at radius 3 is 2.24 bits per heavy atom. The van der Waals surface area contributed by atoms with Crippen LogP contribution in [0.15, 0.2) is 53.4 Å². The Hall–Kier alpha value is -2.05. The van der Waals surface area contributed by atoms with Gasteiger partial charge in [-0.2, -0.15) is 0 Å². The number of hydrogen-bond donors (Lipinski definition) is 1. The quantitative estimate of drug-likeness (QED) is 0.879. The number of anilines is 1. The lowest BCUT2D eigenvalue weighted by Crippen LogP contribution is -2.40. The van der Waals surface area contributed by atoms with Crippen molar-refractivity contribution in [2.45, 2.75) is 31.2 Å². The molecule has 0 radical (unpaired) electrons. The number of hydrogen-bond acceptors (Lipinski definition) is 3. The van der Waals surface area contributed by atoms with E-state index >= 15 is 0 Å². The maximum Gasteiger partial charge on any atom is 0.264 e. The van der Waals surface area contributed by atoms with Crippen molar-refractivity contribution >= 4 is 33.2 Å². The summed E-state index contributed by atoms with van der Waals surface area (Å²) in [6.07, 6.45) is 0. The number of nitrogens with one attached hydrogen (secondary N) is 1. The number of benzene rings is 2. The van der Waals surface area contributed by atoms with E-state index in [0.29, 0.717) is 5.69 Å². The molecular formula is C18H21ClN2O3S. The summed E-state index contributed by atoms with van der Waals surface area (Å²) in [5.74, 6) is -0.420. The molecular weight excluding hydrogens is 360 g/mol. The van der Waals surface area contributed by atoms with Gasteiger partial charge in [0, 0.05) is 12.6 Å². The summed E-state index contributed by atoms with van der Waals surface area (Å²) >= 11 is 6.10. The highest BCUT2D eigenvalue weighted by atomic mass is 35.5. The molecule has 25 heavy (non-hydrogen) atoms. The van der Waals surface area contributed by atoms with Crippen molar-refractivity contribution < 1.29 is 13.2 Å². The fourth-order valence-electron chi connectivity index (χ4n) is 2.18. The summed E-state index contributed by atoms with van der Waals surface area (Å²) in [5.41, 5.74) is 0.188. The topological polar surface area (TPSA) is 66.5 Å². The fraction of sp³-hybridized carbons (Fsp3) is 0.278. The predicted molar refractivity (Wildman–Crippen MR) is 101 cm³/mol. The Bertz CT molecular complexity index is 875. The Kier molecular flexibility index (Phi) is 5.44. The van der Waals surface area contributed by atoms with Gasteiger partial charge in [-0.05, 0) is 51.1 Å². The highest BCUT2D eigenvalue weighted by Gasteiger charge is 2.24. The number of rotatable bonds is 4. The normalized spacial score (nSPS) is 11.9. The zero-order chi connectivity index (χ0) is 18.8. The molecule has 0 fully saturated rings. The van der Waals surface area contributed by atoms with Crippen LogP contribution in [0.1, 0.15) is 31.1 Å². The summed E-state index contributed by atoms with van der Waals surface area (Å²) in [5, 5.41) is 2.98. The van der Waals surface area contributed by atoms with Crippen LogP contribution in [0, 0.1) is 0 Å². The number of amides is 1. The van der Waals surface area contributed by atoms with Crippen LogP contribution in [0.25, 0.3) is 0 Å². The van der Waals surface area contributed by atoms with Gasteiger partial charge in [-0.25, -0.2) is 8.42 Å². The van der Waals surface area contributed by atoms with Gasteiger partial charge in [0.05, 0.1) is 21.2 Å². The van der Waals surface area contributed by atoms with Crippen LogP contribution in [-0.4, -0.2) is 26.9 Å². The minimum absolute atomic E-state index is 0.00214. The van der Waals surface area contributed by atoms with Crippen molar-refractivity contribution in [3.63, 3.8) is 0 Å². The number of para-hydroxylation sites is 1. The van der Waals surface area contributed by atoms with Crippen LogP contribution in [0.5, 0.6) is 0 Å². The average molecular weight is 381 g/mol. The first-order valence-corrected chi connectivity index (χ1v) is 9.50. The van der Waals surface area contributed by atoms with Gasteiger partial charge in [0.15, 0.2) is 0 Å². The van der Waals surface area contributed by atoms with Crippen molar-refractivity contribution in [3.05, 3.63) is 59.1 Å². The van der Waals surface area contributed by atoms with Crippen molar-refractivity contribution in [1.29, 1.82) is 0 Å². The van der Waals surface area contributed by atoms with E-state index in [9.17, 15) is 13.2 Å². The molecule has 0 aliphatic carbocycles. The van der Waals surface area contributed by atoms with Crippen molar-refractivity contribution in [3.8, 4) is 0 Å². The van der Waals surface area contributed by atoms with Crippen molar-refractivity contribution in [2.75, 3.05) is 11.4 Å². The van der Waals surface area contributed by atoms with Crippen LogP contribution < -0.4 is 9.62 Å². The van der Waals surface area contributed by atoms with E-state index in [1.54, 1.807) is 30.3 Å². The Labute approximate surface area is 153 Å². The maximum atomic E-state index is 12.9. The molecule has 0 aromatic heterocycles. The Balaban J connectivity index is 2.43. The van der Waals surface area contributed by atoms with Crippen LogP contribution in [0.3, 0.4) is 0 Å². The van der Waals surface area contributed by atoms with Gasteiger partial charge in [-0.15, -0.1) is 0 Å². The molecule has 0 saturated carbocycles. The molecule has 5 nitrogen and oxygen atoms in total. The molecule has 0 bridgehead atoms.